The van der Waals surface area contributed by atoms with Crippen LogP contribution in [0.15, 0.2) is 45.8 Å². The average molecular weight is 443 g/mol. The monoisotopic (exact) mass is 442 g/mol. The fourth-order valence-corrected chi connectivity index (χ4v) is 4.02. The van der Waals surface area contributed by atoms with Gasteiger partial charge in [0.15, 0.2) is 11.5 Å². The number of thioether (sulfide) groups is 1. The molecule has 8 heteroatoms. The van der Waals surface area contributed by atoms with E-state index < -0.39 is 0 Å². The Morgan fingerprint density at radius 1 is 1.22 bits per heavy atom. The zero-order chi connectivity index (χ0) is 19.0. The zero-order valence-electron chi connectivity index (χ0n) is 13.8. The standard InChI is InChI=1S/C19H11BrN2O4S/c20-14-7-16-15(25-10-26-16)5-13(14)6-17-18(23)22(19(24)27-17)9-12-4-2-1-3-11(12)8-21/h1-7H,9-10H2. The van der Waals surface area contributed by atoms with Crippen molar-refractivity contribution in [1.29, 1.82) is 5.26 Å². The Hall–Kier alpha value is -2.76. The first-order valence-corrected chi connectivity index (χ1v) is 9.50. The van der Waals surface area contributed by atoms with Crippen molar-refractivity contribution < 1.29 is 19.1 Å². The number of rotatable bonds is 3. The number of hydrogen-bond acceptors (Lipinski definition) is 6. The molecule has 1 saturated heterocycles. The Morgan fingerprint density at radius 2 is 1.96 bits per heavy atom. The molecule has 0 radical (unpaired) electrons. The van der Waals surface area contributed by atoms with Crippen LogP contribution in [0.1, 0.15) is 16.7 Å². The second-order valence-corrected chi connectivity index (χ2v) is 7.61. The number of benzene rings is 2. The molecule has 2 amide bonds. The molecule has 0 N–H and O–H groups in total. The summed E-state index contributed by atoms with van der Waals surface area (Å²) in [4.78, 5) is 26.5. The van der Waals surface area contributed by atoms with Gasteiger partial charge in [-0.15, -0.1) is 0 Å². The Balaban J connectivity index is 1.62. The lowest BCUT2D eigenvalue weighted by Crippen LogP contribution is -2.27. The molecule has 2 aromatic rings. The van der Waals surface area contributed by atoms with Crippen molar-refractivity contribution in [1.82, 2.24) is 4.90 Å². The molecule has 0 saturated carbocycles. The van der Waals surface area contributed by atoms with E-state index in [1.165, 1.54) is 0 Å². The second kappa shape index (κ2) is 7.10. The van der Waals surface area contributed by atoms with Gasteiger partial charge in [-0.05, 0) is 47.2 Å². The molecule has 2 aromatic carbocycles. The SMILES string of the molecule is N#Cc1ccccc1CN1C(=O)SC(=Cc2cc3c(cc2Br)OCO3)C1=O. The highest BCUT2D eigenvalue weighted by molar-refractivity contribution is 9.10. The van der Waals surface area contributed by atoms with E-state index in [0.717, 1.165) is 21.1 Å². The number of halogens is 1. The summed E-state index contributed by atoms with van der Waals surface area (Å²) in [7, 11) is 0. The number of fused-ring (bicyclic) bond motifs is 1. The first kappa shape index (κ1) is 17.6. The molecular weight excluding hydrogens is 432 g/mol. The first-order valence-electron chi connectivity index (χ1n) is 7.89. The molecule has 0 atom stereocenters. The highest BCUT2D eigenvalue weighted by Crippen LogP contribution is 2.40. The van der Waals surface area contributed by atoms with E-state index in [-0.39, 0.29) is 24.5 Å². The van der Waals surface area contributed by atoms with E-state index in [2.05, 4.69) is 22.0 Å². The van der Waals surface area contributed by atoms with Gasteiger partial charge in [0.1, 0.15) is 0 Å². The first-order chi connectivity index (χ1) is 13.1. The molecule has 134 valence electrons. The van der Waals surface area contributed by atoms with E-state index in [1.807, 2.05) is 0 Å². The minimum atomic E-state index is -0.387. The molecule has 0 bridgehead atoms. The van der Waals surface area contributed by atoms with Gasteiger partial charge in [-0.25, -0.2) is 0 Å². The summed E-state index contributed by atoms with van der Waals surface area (Å²) < 4.78 is 11.4. The van der Waals surface area contributed by atoms with Crippen molar-refractivity contribution in [3.8, 4) is 17.6 Å². The molecule has 0 unspecified atom stereocenters. The number of hydrogen-bond donors (Lipinski definition) is 0. The predicted molar refractivity (Wildman–Crippen MR) is 103 cm³/mol. The summed E-state index contributed by atoms with van der Waals surface area (Å²) in [6, 6.07) is 12.5. The van der Waals surface area contributed by atoms with Crippen molar-refractivity contribution in [2.24, 2.45) is 0 Å². The highest BCUT2D eigenvalue weighted by Gasteiger charge is 2.35. The molecule has 0 aliphatic carbocycles. The second-order valence-electron chi connectivity index (χ2n) is 5.76. The van der Waals surface area contributed by atoms with Crippen LogP contribution in [0.4, 0.5) is 4.79 Å². The summed E-state index contributed by atoms with van der Waals surface area (Å²) >= 11 is 4.32. The lowest BCUT2D eigenvalue weighted by molar-refractivity contribution is -0.123. The Kier molecular flexibility index (Phi) is 4.64. The maximum absolute atomic E-state index is 12.7. The molecule has 2 aliphatic heterocycles. The molecule has 2 aliphatic rings. The summed E-state index contributed by atoms with van der Waals surface area (Å²) in [5.74, 6) is 0.828. The van der Waals surface area contributed by atoms with Gasteiger partial charge in [-0.1, -0.05) is 34.1 Å². The van der Waals surface area contributed by atoms with Crippen molar-refractivity contribution >= 4 is 44.9 Å². The zero-order valence-corrected chi connectivity index (χ0v) is 16.2. The van der Waals surface area contributed by atoms with Crippen molar-refractivity contribution in [3.05, 3.63) is 62.5 Å². The number of imide groups is 1. The van der Waals surface area contributed by atoms with E-state index in [4.69, 9.17) is 9.47 Å². The molecular formula is C19H11BrN2O4S. The molecule has 6 nitrogen and oxygen atoms in total. The largest absolute Gasteiger partial charge is 0.454 e. The van der Waals surface area contributed by atoms with E-state index >= 15 is 0 Å². The number of carbonyl (C=O) groups excluding carboxylic acids is 2. The Labute approximate surface area is 167 Å². The van der Waals surface area contributed by atoms with Gasteiger partial charge < -0.3 is 9.47 Å². The van der Waals surface area contributed by atoms with Crippen LogP contribution < -0.4 is 9.47 Å². The van der Waals surface area contributed by atoms with E-state index in [1.54, 1.807) is 42.5 Å². The number of amides is 2. The molecule has 2 heterocycles. The molecule has 4 rings (SSSR count). The van der Waals surface area contributed by atoms with Gasteiger partial charge in [0.05, 0.1) is 23.1 Å². The van der Waals surface area contributed by atoms with Gasteiger partial charge in [0.2, 0.25) is 6.79 Å². The van der Waals surface area contributed by atoms with Crippen LogP contribution in [0.2, 0.25) is 0 Å². The fraction of sp³-hybridized carbons (Fsp3) is 0.105. The van der Waals surface area contributed by atoms with Crippen LogP contribution in [0.25, 0.3) is 6.08 Å². The predicted octanol–water partition coefficient (Wildman–Crippen LogP) is 4.29. The minimum Gasteiger partial charge on any atom is -0.454 e. The van der Waals surface area contributed by atoms with E-state index in [9.17, 15) is 14.9 Å². The van der Waals surface area contributed by atoms with Crippen molar-refractivity contribution in [2.75, 3.05) is 6.79 Å². The lowest BCUT2D eigenvalue weighted by atomic mass is 10.1. The normalized spacial score (nSPS) is 16.9. The number of nitrogens with zero attached hydrogens (tertiary/aromatic N) is 2. The van der Waals surface area contributed by atoms with Gasteiger partial charge >= 0.3 is 0 Å². The maximum Gasteiger partial charge on any atom is 0.293 e. The van der Waals surface area contributed by atoms with E-state index in [0.29, 0.717) is 33.1 Å². The summed E-state index contributed by atoms with van der Waals surface area (Å²) in [6.45, 7) is 0.216. The van der Waals surface area contributed by atoms with Crippen LogP contribution in [-0.4, -0.2) is 22.8 Å². The van der Waals surface area contributed by atoms with Gasteiger partial charge in [-0.3, -0.25) is 14.5 Å². The van der Waals surface area contributed by atoms with Crippen LogP contribution in [-0.2, 0) is 11.3 Å². The average Bonchev–Trinajstić information content (AvgIpc) is 3.21. The molecule has 1 fully saturated rings. The third-order valence-corrected chi connectivity index (χ3v) is 5.71. The maximum atomic E-state index is 12.7. The number of ether oxygens (including phenoxy) is 2. The van der Waals surface area contributed by atoms with Crippen molar-refractivity contribution in [2.45, 2.75) is 6.54 Å². The Bertz CT molecular complexity index is 1040. The summed E-state index contributed by atoms with van der Waals surface area (Å²) in [5.41, 5.74) is 1.79. The number of nitriles is 1. The van der Waals surface area contributed by atoms with Crippen molar-refractivity contribution in [3.63, 3.8) is 0 Å². The van der Waals surface area contributed by atoms with Gasteiger partial charge in [0.25, 0.3) is 11.1 Å². The smallest absolute Gasteiger partial charge is 0.293 e. The quantitative estimate of drug-likeness (QED) is 0.659. The minimum absolute atomic E-state index is 0.0635. The summed E-state index contributed by atoms with van der Waals surface area (Å²) in [5, 5.41) is 8.83. The van der Waals surface area contributed by atoms with Gasteiger partial charge in [0, 0.05) is 4.47 Å². The Morgan fingerprint density at radius 3 is 2.74 bits per heavy atom. The number of carbonyl (C=O) groups is 2. The lowest BCUT2D eigenvalue weighted by Gasteiger charge is -2.13. The third-order valence-electron chi connectivity index (χ3n) is 4.12. The van der Waals surface area contributed by atoms with Crippen LogP contribution in [0.5, 0.6) is 11.5 Å². The van der Waals surface area contributed by atoms with Crippen LogP contribution >= 0.6 is 27.7 Å². The molecule has 0 aromatic heterocycles. The van der Waals surface area contributed by atoms with Gasteiger partial charge in [-0.2, -0.15) is 5.26 Å². The topological polar surface area (TPSA) is 79.6 Å². The van der Waals surface area contributed by atoms with Crippen LogP contribution in [0, 0.1) is 11.3 Å². The van der Waals surface area contributed by atoms with Crippen LogP contribution in [0.3, 0.4) is 0 Å². The molecule has 0 spiro atoms. The molecule has 27 heavy (non-hydrogen) atoms. The third kappa shape index (κ3) is 3.31. The highest BCUT2D eigenvalue weighted by atomic mass is 79.9. The summed E-state index contributed by atoms with van der Waals surface area (Å²) in [6.07, 6.45) is 1.65. The fourth-order valence-electron chi connectivity index (χ4n) is 2.76.